The van der Waals surface area contributed by atoms with Gasteiger partial charge in [0.05, 0.1) is 6.04 Å². The van der Waals surface area contributed by atoms with Crippen LogP contribution in [0.5, 0.6) is 0 Å². The Labute approximate surface area is 96.4 Å². The van der Waals surface area contributed by atoms with E-state index < -0.39 is 6.04 Å². The molecule has 1 aromatic carbocycles. The molecule has 0 saturated carbocycles. The van der Waals surface area contributed by atoms with E-state index in [1.807, 2.05) is 30.3 Å². The number of carbonyl (C=O) groups is 1. The van der Waals surface area contributed by atoms with Crippen LogP contribution < -0.4 is 11.2 Å². The van der Waals surface area contributed by atoms with Crippen molar-refractivity contribution in [2.75, 3.05) is 14.1 Å². The second-order valence-electron chi connectivity index (χ2n) is 4.00. The Balaban J connectivity index is 2.35. The fourth-order valence-corrected chi connectivity index (χ4v) is 1.40. The van der Waals surface area contributed by atoms with E-state index in [4.69, 9.17) is 5.73 Å². The van der Waals surface area contributed by atoms with Gasteiger partial charge in [-0.25, -0.2) is 5.01 Å². The molecule has 88 valence electrons. The van der Waals surface area contributed by atoms with Crippen LogP contribution in [0.3, 0.4) is 0 Å². The fourth-order valence-electron chi connectivity index (χ4n) is 1.40. The highest BCUT2D eigenvalue weighted by atomic mass is 16.2. The maximum Gasteiger partial charge on any atom is 0.251 e. The van der Waals surface area contributed by atoms with Crippen molar-refractivity contribution < 1.29 is 4.79 Å². The Bertz CT molecular complexity index is 324. The Hall–Kier alpha value is -1.39. The molecule has 0 radical (unpaired) electrons. The first-order valence-electron chi connectivity index (χ1n) is 5.37. The highest BCUT2D eigenvalue weighted by Gasteiger charge is 2.13. The van der Waals surface area contributed by atoms with Gasteiger partial charge in [-0.05, 0) is 18.4 Å². The van der Waals surface area contributed by atoms with Crippen molar-refractivity contribution >= 4 is 5.91 Å². The summed E-state index contributed by atoms with van der Waals surface area (Å²) >= 11 is 0. The molecule has 4 nitrogen and oxygen atoms in total. The lowest BCUT2D eigenvalue weighted by molar-refractivity contribution is -0.126. The van der Waals surface area contributed by atoms with Crippen LogP contribution in [0.2, 0.25) is 0 Å². The van der Waals surface area contributed by atoms with E-state index in [1.165, 1.54) is 5.56 Å². The molecule has 1 aromatic rings. The molecule has 0 aromatic heterocycles. The number of amides is 1. The quantitative estimate of drug-likeness (QED) is 0.713. The molecule has 1 rings (SSSR count). The largest absolute Gasteiger partial charge is 0.320 e. The molecule has 0 aliphatic rings. The van der Waals surface area contributed by atoms with Gasteiger partial charge in [-0.3, -0.25) is 10.2 Å². The Morgan fingerprint density at radius 2 is 2.00 bits per heavy atom. The van der Waals surface area contributed by atoms with Gasteiger partial charge in [0.25, 0.3) is 5.91 Å². The van der Waals surface area contributed by atoms with Crippen LogP contribution >= 0.6 is 0 Å². The smallest absolute Gasteiger partial charge is 0.251 e. The molecular weight excluding hydrogens is 202 g/mol. The third-order valence-corrected chi connectivity index (χ3v) is 2.26. The van der Waals surface area contributed by atoms with Crippen molar-refractivity contribution in [2.45, 2.75) is 18.9 Å². The molecule has 1 unspecified atom stereocenters. The Morgan fingerprint density at radius 3 is 2.56 bits per heavy atom. The summed E-state index contributed by atoms with van der Waals surface area (Å²) < 4.78 is 0. The van der Waals surface area contributed by atoms with Crippen LogP contribution in [-0.4, -0.2) is 31.1 Å². The summed E-state index contributed by atoms with van der Waals surface area (Å²) in [7, 11) is 3.53. The summed E-state index contributed by atoms with van der Waals surface area (Å²) in [6, 6.07) is 9.57. The molecule has 0 saturated heterocycles. The van der Waals surface area contributed by atoms with Gasteiger partial charge in [0.2, 0.25) is 0 Å². The molecule has 16 heavy (non-hydrogen) atoms. The topological polar surface area (TPSA) is 58.4 Å². The van der Waals surface area contributed by atoms with Gasteiger partial charge in [-0.1, -0.05) is 30.3 Å². The molecule has 1 atom stereocenters. The molecular formula is C12H19N3O. The number of nitrogens with two attached hydrogens (primary N) is 1. The molecule has 0 spiro atoms. The van der Waals surface area contributed by atoms with Gasteiger partial charge in [-0.2, -0.15) is 0 Å². The van der Waals surface area contributed by atoms with E-state index >= 15 is 0 Å². The van der Waals surface area contributed by atoms with Gasteiger partial charge < -0.3 is 5.73 Å². The molecule has 1 amide bonds. The zero-order valence-electron chi connectivity index (χ0n) is 9.81. The van der Waals surface area contributed by atoms with Gasteiger partial charge in [-0.15, -0.1) is 0 Å². The van der Waals surface area contributed by atoms with Gasteiger partial charge >= 0.3 is 0 Å². The zero-order valence-corrected chi connectivity index (χ0v) is 9.81. The van der Waals surface area contributed by atoms with Crippen LogP contribution in [0, 0.1) is 0 Å². The highest BCUT2D eigenvalue weighted by molar-refractivity contribution is 5.80. The molecule has 4 heteroatoms. The molecule has 0 aliphatic heterocycles. The predicted molar refractivity (Wildman–Crippen MR) is 64.6 cm³/mol. The number of carbonyl (C=O) groups excluding carboxylic acids is 1. The van der Waals surface area contributed by atoms with Crippen molar-refractivity contribution in [1.29, 1.82) is 0 Å². The molecule has 3 N–H and O–H groups in total. The van der Waals surface area contributed by atoms with Crippen molar-refractivity contribution in [2.24, 2.45) is 5.73 Å². The van der Waals surface area contributed by atoms with E-state index in [9.17, 15) is 4.79 Å². The summed E-state index contributed by atoms with van der Waals surface area (Å²) in [5.41, 5.74) is 9.63. The predicted octanol–water partition coefficient (Wildman–Crippen LogP) is 0.539. The number of aryl methyl sites for hydroxylation is 1. The first kappa shape index (κ1) is 12.7. The van der Waals surface area contributed by atoms with E-state index in [1.54, 1.807) is 19.1 Å². The SMILES string of the molecule is CN(C)NC(=O)C(N)CCc1ccccc1. The van der Waals surface area contributed by atoms with Gasteiger partial charge in [0, 0.05) is 14.1 Å². The molecule has 0 heterocycles. The van der Waals surface area contributed by atoms with Crippen molar-refractivity contribution in [3.8, 4) is 0 Å². The lowest BCUT2D eigenvalue weighted by atomic mass is 10.1. The van der Waals surface area contributed by atoms with E-state index in [-0.39, 0.29) is 5.91 Å². The lowest BCUT2D eigenvalue weighted by Gasteiger charge is -2.16. The number of nitrogens with one attached hydrogen (secondary N) is 1. The highest BCUT2D eigenvalue weighted by Crippen LogP contribution is 2.03. The number of nitrogens with zero attached hydrogens (tertiary/aromatic N) is 1. The summed E-state index contributed by atoms with van der Waals surface area (Å²) in [6.45, 7) is 0. The second-order valence-corrected chi connectivity index (χ2v) is 4.00. The number of hydrazine groups is 1. The maximum atomic E-state index is 11.5. The summed E-state index contributed by atoms with van der Waals surface area (Å²) in [6.07, 6.45) is 1.48. The molecule has 0 aliphatic carbocycles. The normalized spacial score (nSPS) is 12.5. The zero-order chi connectivity index (χ0) is 12.0. The second kappa shape index (κ2) is 6.25. The molecule has 0 bridgehead atoms. The van der Waals surface area contributed by atoms with Gasteiger partial charge in [0.15, 0.2) is 0 Å². The summed E-state index contributed by atoms with van der Waals surface area (Å²) in [5, 5.41) is 1.60. The number of hydrogen-bond acceptors (Lipinski definition) is 3. The monoisotopic (exact) mass is 221 g/mol. The van der Waals surface area contributed by atoms with Crippen LogP contribution in [0.15, 0.2) is 30.3 Å². The van der Waals surface area contributed by atoms with Crippen LogP contribution in [0.1, 0.15) is 12.0 Å². The molecule has 0 fully saturated rings. The van der Waals surface area contributed by atoms with Crippen LogP contribution in [-0.2, 0) is 11.2 Å². The lowest BCUT2D eigenvalue weighted by Crippen LogP contribution is -2.46. The average molecular weight is 221 g/mol. The van der Waals surface area contributed by atoms with E-state index in [2.05, 4.69) is 5.43 Å². The number of hydrogen-bond donors (Lipinski definition) is 2. The number of rotatable bonds is 5. The van der Waals surface area contributed by atoms with E-state index in [0.717, 1.165) is 6.42 Å². The summed E-state index contributed by atoms with van der Waals surface area (Å²) in [4.78, 5) is 11.5. The average Bonchev–Trinajstić information content (AvgIpc) is 2.26. The third kappa shape index (κ3) is 4.42. The van der Waals surface area contributed by atoms with Gasteiger partial charge in [0.1, 0.15) is 0 Å². The van der Waals surface area contributed by atoms with E-state index in [0.29, 0.717) is 6.42 Å². The maximum absolute atomic E-state index is 11.5. The minimum atomic E-state index is -0.456. The first-order chi connectivity index (χ1) is 7.59. The van der Waals surface area contributed by atoms with Crippen molar-refractivity contribution in [1.82, 2.24) is 10.4 Å². The number of benzene rings is 1. The van der Waals surface area contributed by atoms with Crippen molar-refractivity contribution in [3.63, 3.8) is 0 Å². The Kier molecular flexibility index (Phi) is 4.95. The standard InChI is InChI=1S/C12H19N3O/c1-15(2)14-12(16)11(13)9-8-10-6-4-3-5-7-10/h3-7,11H,8-9,13H2,1-2H3,(H,14,16). The fraction of sp³-hybridized carbons (Fsp3) is 0.417. The summed E-state index contributed by atoms with van der Waals surface area (Å²) in [5.74, 6) is -0.138. The van der Waals surface area contributed by atoms with Crippen molar-refractivity contribution in [3.05, 3.63) is 35.9 Å². The minimum Gasteiger partial charge on any atom is -0.320 e. The van der Waals surface area contributed by atoms with Crippen LogP contribution in [0.4, 0.5) is 0 Å². The first-order valence-corrected chi connectivity index (χ1v) is 5.37. The minimum absolute atomic E-state index is 0.138. The third-order valence-electron chi connectivity index (χ3n) is 2.26. The Morgan fingerprint density at radius 1 is 1.38 bits per heavy atom. The van der Waals surface area contributed by atoms with Crippen LogP contribution in [0.25, 0.3) is 0 Å².